The smallest absolute Gasteiger partial charge is 0.494 e. The van der Waals surface area contributed by atoms with E-state index < -0.39 is 16.5 Å². The lowest BCUT2D eigenvalue weighted by Gasteiger charge is -2.38. The fourth-order valence-electron chi connectivity index (χ4n) is 5.58. The van der Waals surface area contributed by atoms with Crippen LogP contribution in [0.2, 0.25) is 0 Å². The Morgan fingerprint density at radius 3 is 1.24 bits per heavy atom. The lowest BCUT2D eigenvalue weighted by atomic mass is 10.1. The first-order valence-electron chi connectivity index (χ1n) is 17.4. The van der Waals surface area contributed by atoms with E-state index in [0.717, 1.165) is 39.0 Å². The standard InChI is InChI=1S/C39H56O5S/c1-3-5-7-9-11-13-15-20-32-42-34-24-28-37(29-25-34)45(44-39(40)41,36-22-18-17-19-23-36)38-30-26-35(27-31-38)43-33-21-16-14-12-10-8-6-4-2/h17-19,22-31H,3-16,20-21,32-33H2,1-2H3,(H,40,41). The first kappa shape index (κ1) is 36.3. The second kappa shape index (κ2) is 21.6. The van der Waals surface area contributed by atoms with Gasteiger partial charge < -0.3 is 18.8 Å². The summed E-state index contributed by atoms with van der Waals surface area (Å²) >= 11 is 0. The van der Waals surface area contributed by atoms with E-state index in [0.29, 0.717) is 13.2 Å². The van der Waals surface area contributed by atoms with Crippen LogP contribution in [0.4, 0.5) is 4.79 Å². The summed E-state index contributed by atoms with van der Waals surface area (Å²) in [7, 11) is -2.56. The Bertz CT molecular complexity index is 1110. The van der Waals surface area contributed by atoms with Gasteiger partial charge in [0.2, 0.25) is 0 Å². The van der Waals surface area contributed by atoms with Gasteiger partial charge in [-0.15, -0.1) is 0 Å². The molecule has 45 heavy (non-hydrogen) atoms. The van der Waals surface area contributed by atoms with E-state index in [9.17, 15) is 9.90 Å². The van der Waals surface area contributed by atoms with Gasteiger partial charge in [-0.25, -0.2) is 4.79 Å². The molecule has 5 nitrogen and oxygen atoms in total. The van der Waals surface area contributed by atoms with E-state index in [4.69, 9.17) is 13.7 Å². The molecule has 0 heterocycles. The van der Waals surface area contributed by atoms with E-state index >= 15 is 0 Å². The normalized spacial score (nSPS) is 11.7. The molecule has 3 rings (SSSR count). The summed E-state index contributed by atoms with van der Waals surface area (Å²) in [5, 5.41) is 9.99. The Morgan fingerprint density at radius 2 is 0.867 bits per heavy atom. The number of hydrogen-bond acceptors (Lipinski definition) is 4. The maximum Gasteiger partial charge on any atom is 0.517 e. The molecule has 0 amide bonds. The van der Waals surface area contributed by atoms with E-state index in [1.54, 1.807) is 0 Å². The van der Waals surface area contributed by atoms with E-state index in [-0.39, 0.29) is 0 Å². The minimum Gasteiger partial charge on any atom is -0.494 e. The maximum atomic E-state index is 12.2. The van der Waals surface area contributed by atoms with Gasteiger partial charge in [-0.2, -0.15) is 0 Å². The van der Waals surface area contributed by atoms with E-state index in [1.807, 2.05) is 78.9 Å². The summed E-state index contributed by atoms with van der Waals surface area (Å²) in [4.78, 5) is 14.6. The number of ether oxygens (including phenoxy) is 2. The molecule has 248 valence electrons. The molecule has 0 atom stereocenters. The van der Waals surface area contributed by atoms with Crippen LogP contribution in [-0.2, 0) is 4.18 Å². The van der Waals surface area contributed by atoms with Crippen LogP contribution in [0, 0.1) is 0 Å². The molecule has 3 aromatic carbocycles. The Morgan fingerprint density at radius 1 is 0.511 bits per heavy atom. The van der Waals surface area contributed by atoms with Gasteiger partial charge in [0.25, 0.3) is 0 Å². The van der Waals surface area contributed by atoms with Gasteiger partial charge >= 0.3 is 6.16 Å². The molecule has 0 saturated heterocycles. The largest absolute Gasteiger partial charge is 0.517 e. The Balaban J connectivity index is 1.65. The quantitative estimate of drug-likeness (QED) is 0.0991. The second-order valence-electron chi connectivity index (χ2n) is 11.8. The summed E-state index contributed by atoms with van der Waals surface area (Å²) < 4.78 is 18.0. The molecule has 0 saturated carbocycles. The molecule has 0 radical (unpaired) electrons. The zero-order chi connectivity index (χ0) is 32.0. The number of carbonyl (C=O) groups is 1. The van der Waals surface area contributed by atoms with Crippen LogP contribution in [0.25, 0.3) is 0 Å². The number of carboxylic acid groups (broad SMARTS) is 1. The molecule has 0 aliphatic carbocycles. The molecule has 0 bridgehead atoms. The van der Waals surface area contributed by atoms with E-state index in [2.05, 4.69) is 13.8 Å². The zero-order valence-corrected chi connectivity index (χ0v) is 28.5. The highest BCUT2D eigenvalue weighted by atomic mass is 32.3. The molecule has 3 aromatic rings. The van der Waals surface area contributed by atoms with Crippen LogP contribution in [0.1, 0.15) is 117 Å². The highest BCUT2D eigenvalue weighted by Crippen LogP contribution is 2.69. The number of benzene rings is 3. The van der Waals surface area contributed by atoms with Crippen molar-refractivity contribution in [3.05, 3.63) is 78.9 Å². The fourth-order valence-corrected chi connectivity index (χ4v) is 8.48. The topological polar surface area (TPSA) is 65.0 Å². The summed E-state index contributed by atoms with van der Waals surface area (Å²) in [5.41, 5.74) is 0. The minimum atomic E-state index is -2.56. The molecule has 6 heteroatoms. The van der Waals surface area contributed by atoms with Crippen molar-refractivity contribution < 1.29 is 23.6 Å². The van der Waals surface area contributed by atoms with Gasteiger partial charge in [0.15, 0.2) is 0 Å². The van der Waals surface area contributed by atoms with Crippen molar-refractivity contribution in [2.24, 2.45) is 0 Å². The highest BCUT2D eigenvalue weighted by molar-refractivity contribution is 8.30. The SMILES string of the molecule is CCCCCCCCCCOc1ccc(S(OC(=O)O)(c2ccccc2)c2ccc(OCCCCCCCCCC)cc2)cc1. The van der Waals surface area contributed by atoms with Gasteiger partial charge in [-0.05, 0) is 83.8 Å². The number of rotatable bonds is 24. The number of hydrogen-bond donors (Lipinski definition) is 1. The van der Waals surface area contributed by atoms with Gasteiger partial charge in [0.05, 0.1) is 13.2 Å². The van der Waals surface area contributed by atoms with E-state index in [1.165, 1.54) is 89.9 Å². The zero-order valence-electron chi connectivity index (χ0n) is 27.7. The molecule has 0 spiro atoms. The van der Waals surface area contributed by atoms with Crippen LogP contribution in [0.3, 0.4) is 0 Å². The summed E-state index contributed by atoms with van der Waals surface area (Å²) in [5.74, 6) is 1.56. The van der Waals surface area contributed by atoms with Gasteiger partial charge in [-0.1, -0.05) is 122 Å². The van der Waals surface area contributed by atoms with Crippen LogP contribution in [-0.4, -0.2) is 24.5 Å². The Labute approximate surface area is 274 Å². The van der Waals surface area contributed by atoms with Crippen molar-refractivity contribution in [1.82, 2.24) is 0 Å². The Hall–Kier alpha value is -3.12. The van der Waals surface area contributed by atoms with Crippen LogP contribution in [0.5, 0.6) is 11.5 Å². The average Bonchev–Trinajstić information content (AvgIpc) is 3.06. The van der Waals surface area contributed by atoms with Gasteiger partial charge in [0, 0.05) is 14.7 Å². The van der Waals surface area contributed by atoms with Crippen molar-refractivity contribution in [2.75, 3.05) is 13.2 Å². The third-order valence-electron chi connectivity index (χ3n) is 8.12. The lowest BCUT2D eigenvalue weighted by molar-refractivity contribution is 0.150. The van der Waals surface area contributed by atoms with Crippen LogP contribution < -0.4 is 9.47 Å². The lowest BCUT2D eigenvalue weighted by Crippen LogP contribution is -2.12. The molecule has 1 N–H and O–H groups in total. The monoisotopic (exact) mass is 636 g/mol. The van der Waals surface area contributed by atoms with Crippen molar-refractivity contribution >= 4 is 16.5 Å². The predicted molar refractivity (Wildman–Crippen MR) is 187 cm³/mol. The predicted octanol–water partition coefficient (Wildman–Crippen LogP) is 12.6. The molecule has 0 aromatic heterocycles. The second-order valence-corrected chi connectivity index (χ2v) is 14.5. The molecule has 0 aliphatic heterocycles. The number of unbranched alkanes of at least 4 members (excludes halogenated alkanes) is 14. The van der Waals surface area contributed by atoms with Gasteiger partial charge in [0.1, 0.15) is 11.5 Å². The summed E-state index contributed by atoms with van der Waals surface area (Å²) in [6.45, 7) is 5.85. The molecule has 0 aliphatic rings. The molecular weight excluding hydrogens is 580 g/mol. The molecule has 0 unspecified atom stereocenters. The van der Waals surface area contributed by atoms with Crippen LogP contribution in [0.15, 0.2) is 93.5 Å². The Kier molecular flexibility index (Phi) is 17.4. The maximum absolute atomic E-state index is 12.2. The fraction of sp³-hybridized carbons (Fsp3) is 0.513. The van der Waals surface area contributed by atoms with Crippen molar-refractivity contribution in [3.63, 3.8) is 0 Å². The van der Waals surface area contributed by atoms with Crippen molar-refractivity contribution in [3.8, 4) is 11.5 Å². The molecule has 0 fully saturated rings. The highest BCUT2D eigenvalue weighted by Gasteiger charge is 2.36. The third-order valence-corrected chi connectivity index (χ3v) is 11.3. The molecular formula is C39H56O5S. The summed E-state index contributed by atoms with van der Waals surface area (Å²) in [6, 6.07) is 25.1. The van der Waals surface area contributed by atoms with Crippen molar-refractivity contribution in [1.29, 1.82) is 0 Å². The minimum absolute atomic E-state index is 0.678. The third kappa shape index (κ3) is 12.7. The summed E-state index contributed by atoms with van der Waals surface area (Å²) in [6.07, 6.45) is 18.8. The van der Waals surface area contributed by atoms with Crippen LogP contribution >= 0.6 is 10.3 Å². The van der Waals surface area contributed by atoms with Gasteiger partial charge in [-0.3, -0.25) is 0 Å². The first-order valence-corrected chi connectivity index (χ1v) is 18.9. The van der Waals surface area contributed by atoms with Crippen molar-refractivity contribution in [2.45, 2.75) is 131 Å². The first-order chi connectivity index (χ1) is 22.1. The average molecular weight is 637 g/mol.